The topological polar surface area (TPSA) is 3.24 Å². The Morgan fingerprint density at radius 1 is 1.29 bits per heavy atom. The first-order valence-electron chi connectivity index (χ1n) is 6.14. The largest absolute Gasteiger partial charge is 0.300 e. The van der Waals surface area contributed by atoms with Crippen molar-refractivity contribution in [2.75, 3.05) is 18.8 Å². The highest BCUT2D eigenvalue weighted by Gasteiger charge is 2.37. The second-order valence-corrected chi connectivity index (χ2v) is 5.48. The number of rotatable bonds is 5. The van der Waals surface area contributed by atoms with Crippen molar-refractivity contribution in [1.29, 1.82) is 0 Å². The molecule has 2 fully saturated rings. The van der Waals surface area contributed by atoms with Crippen LogP contribution in [0.15, 0.2) is 0 Å². The van der Waals surface area contributed by atoms with Crippen molar-refractivity contribution in [3.63, 3.8) is 0 Å². The van der Waals surface area contributed by atoms with Crippen LogP contribution in [0.4, 0.5) is 0 Å². The van der Waals surface area contributed by atoms with E-state index in [0.29, 0.717) is 5.41 Å². The molecular formula is C12H23NS. The molecule has 14 heavy (non-hydrogen) atoms. The second-order valence-electron chi connectivity index (χ2n) is 5.16. The van der Waals surface area contributed by atoms with E-state index in [-0.39, 0.29) is 0 Å². The first-order valence-corrected chi connectivity index (χ1v) is 6.78. The Hall–Kier alpha value is 0.310. The van der Waals surface area contributed by atoms with E-state index in [1.165, 1.54) is 51.6 Å². The fourth-order valence-electron chi connectivity index (χ4n) is 2.86. The quantitative estimate of drug-likeness (QED) is 0.687. The summed E-state index contributed by atoms with van der Waals surface area (Å²) in [6.45, 7) is 4.86. The highest BCUT2D eigenvalue weighted by Crippen LogP contribution is 2.41. The van der Waals surface area contributed by atoms with Gasteiger partial charge in [0.05, 0.1) is 0 Å². The van der Waals surface area contributed by atoms with Crippen LogP contribution in [0.1, 0.15) is 45.4 Å². The summed E-state index contributed by atoms with van der Waals surface area (Å²) in [6, 6.07) is 0.928. The minimum atomic E-state index is 0.571. The zero-order chi connectivity index (χ0) is 10.0. The summed E-state index contributed by atoms with van der Waals surface area (Å²) in [5, 5.41) is 0. The fourth-order valence-corrected chi connectivity index (χ4v) is 3.28. The van der Waals surface area contributed by atoms with E-state index in [9.17, 15) is 0 Å². The van der Waals surface area contributed by atoms with E-state index >= 15 is 0 Å². The van der Waals surface area contributed by atoms with Gasteiger partial charge >= 0.3 is 0 Å². The first kappa shape index (κ1) is 10.8. The van der Waals surface area contributed by atoms with Gasteiger partial charge in [0.1, 0.15) is 0 Å². The molecule has 0 aromatic carbocycles. The smallest absolute Gasteiger partial charge is 0.00965 e. The normalized spacial score (nSPS) is 25.9. The van der Waals surface area contributed by atoms with Gasteiger partial charge in [-0.3, -0.25) is 0 Å². The first-order chi connectivity index (χ1) is 6.79. The number of thiol groups is 1. The Morgan fingerprint density at radius 3 is 2.36 bits per heavy atom. The molecule has 2 rings (SSSR count). The van der Waals surface area contributed by atoms with Crippen LogP contribution < -0.4 is 0 Å². The van der Waals surface area contributed by atoms with Crippen molar-refractivity contribution in [2.24, 2.45) is 5.41 Å². The van der Waals surface area contributed by atoms with Crippen molar-refractivity contribution < 1.29 is 0 Å². The molecule has 0 amide bonds. The Labute approximate surface area is 93.7 Å². The summed E-state index contributed by atoms with van der Waals surface area (Å²) in [5.41, 5.74) is 0.571. The van der Waals surface area contributed by atoms with Crippen molar-refractivity contribution in [1.82, 2.24) is 4.90 Å². The van der Waals surface area contributed by atoms with Crippen LogP contribution in [0.5, 0.6) is 0 Å². The van der Waals surface area contributed by atoms with Gasteiger partial charge < -0.3 is 4.90 Å². The molecule has 0 spiro atoms. The molecule has 1 nitrogen and oxygen atoms in total. The molecule has 0 aromatic heterocycles. The molecular weight excluding hydrogens is 190 g/mol. The number of nitrogens with zero attached hydrogens (tertiary/aromatic N) is 1. The lowest BCUT2D eigenvalue weighted by Gasteiger charge is -2.34. The van der Waals surface area contributed by atoms with Crippen LogP contribution in [0.2, 0.25) is 0 Å². The highest BCUT2D eigenvalue weighted by atomic mass is 32.1. The molecule has 0 atom stereocenters. The van der Waals surface area contributed by atoms with Crippen LogP contribution >= 0.6 is 12.6 Å². The summed E-state index contributed by atoms with van der Waals surface area (Å²) < 4.78 is 0. The lowest BCUT2D eigenvalue weighted by Crippen LogP contribution is -2.38. The second kappa shape index (κ2) is 4.44. The fraction of sp³-hybridized carbons (Fsp3) is 1.00. The predicted molar refractivity (Wildman–Crippen MR) is 65.0 cm³/mol. The van der Waals surface area contributed by atoms with E-state index in [2.05, 4.69) is 24.5 Å². The maximum Gasteiger partial charge on any atom is 0.00965 e. The van der Waals surface area contributed by atoms with Crippen LogP contribution in [-0.4, -0.2) is 29.8 Å². The third-order valence-corrected chi connectivity index (χ3v) is 4.68. The van der Waals surface area contributed by atoms with E-state index in [4.69, 9.17) is 0 Å². The van der Waals surface area contributed by atoms with Gasteiger partial charge in [0, 0.05) is 12.6 Å². The van der Waals surface area contributed by atoms with Crippen LogP contribution in [-0.2, 0) is 0 Å². The Morgan fingerprint density at radius 2 is 1.93 bits per heavy atom. The van der Waals surface area contributed by atoms with E-state index < -0.39 is 0 Å². The summed E-state index contributed by atoms with van der Waals surface area (Å²) in [4.78, 5) is 2.70. The third kappa shape index (κ3) is 2.27. The van der Waals surface area contributed by atoms with Gasteiger partial charge in [0.25, 0.3) is 0 Å². The Bertz CT molecular complexity index is 183. The van der Waals surface area contributed by atoms with Gasteiger partial charge in [-0.15, -0.1) is 0 Å². The molecule has 82 valence electrons. The maximum absolute atomic E-state index is 4.58. The Balaban J connectivity index is 1.91. The molecule has 0 aliphatic heterocycles. The monoisotopic (exact) mass is 213 g/mol. The summed E-state index contributed by atoms with van der Waals surface area (Å²) in [6.07, 6.45) is 8.58. The van der Waals surface area contributed by atoms with Crippen molar-refractivity contribution in [3.8, 4) is 0 Å². The molecule has 0 saturated heterocycles. The highest BCUT2D eigenvalue weighted by molar-refractivity contribution is 7.80. The molecule has 0 radical (unpaired) electrons. The molecule has 2 saturated carbocycles. The van der Waals surface area contributed by atoms with E-state index in [0.717, 1.165) is 11.8 Å². The molecule has 2 aliphatic carbocycles. The average Bonchev–Trinajstić information content (AvgIpc) is 2.96. The summed E-state index contributed by atoms with van der Waals surface area (Å²) >= 11 is 4.58. The minimum Gasteiger partial charge on any atom is -0.300 e. The zero-order valence-corrected chi connectivity index (χ0v) is 10.2. The van der Waals surface area contributed by atoms with Crippen LogP contribution in [0.3, 0.4) is 0 Å². The van der Waals surface area contributed by atoms with Gasteiger partial charge in [-0.1, -0.05) is 19.8 Å². The molecule has 0 bridgehead atoms. The van der Waals surface area contributed by atoms with Crippen LogP contribution in [0.25, 0.3) is 0 Å². The van der Waals surface area contributed by atoms with Crippen molar-refractivity contribution in [2.45, 2.75) is 51.5 Å². The standard InChI is InChI=1S/C12H23NS/c1-2-13(11-5-6-11)9-12(10-14)7-3-4-8-12/h11,14H,2-10H2,1H3. The van der Waals surface area contributed by atoms with Gasteiger partial charge in [-0.25, -0.2) is 0 Å². The van der Waals surface area contributed by atoms with Gasteiger partial charge in [-0.2, -0.15) is 12.6 Å². The summed E-state index contributed by atoms with van der Waals surface area (Å²) in [7, 11) is 0. The average molecular weight is 213 g/mol. The summed E-state index contributed by atoms with van der Waals surface area (Å²) in [5.74, 6) is 1.09. The van der Waals surface area contributed by atoms with Crippen molar-refractivity contribution >= 4 is 12.6 Å². The van der Waals surface area contributed by atoms with E-state index in [1.807, 2.05) is 0 Å². The number of hydrogen-bond donors (Lipinski definition) is 1. The lowest BCUT2D eigenvalue weighted by molar-refractivity contribution is 0.171. The molecule has 2 heteroatoms. The molecule has 0 unspecified atom stereocenters. The molecule has 2 aliphatic rings. The van der Waals surface area contributed by atoms with E-state index in [1.54, 1.807) is 0 Å². The SMILES string of the molecule is CCN(CC1(CS)CCCC1)C1CC1. The molecule has 0 heterocycles. The minimum absolute atomic E-state index is 0.571. The maximum atomic E-state index is 4.58. The molecule has 0 N–H and O–H groups in total. The number of hydrogen-bond acceptors (Lipinski definition) is 2. The predicted octanol–water partition coefficient (Wildman–Crippen LogP) is 2.96. The zero-order valence-electron chi connectivity index (χ0n) is 9.34. The van der Waals surface area contributed by atoms with Crippen LogP contribution in [0, 0.1) is 5.41 Å². The lowest BCUT2D eigenvalue weighted by atomic mass is 9.88. The van der Waals surface area contributed by atoms with Gasteiger partial charge in [-0.05, 0) is 43.4 Å². The third-order valence-electron chi connectivity index (χ3n) is 4.01. The van der Waals surface area contributed by atoms with Gasteiger partial charge in [0.2, 0.25) is 0 Å². The van der Waals surface area contributed by atoms with Gasteiger partial charge in [0.15, 0.2) is 0 Å². The molecule has 0 aromatic rings. The van der Waals surface area contributed by atoms with Crippen molar-refractivity contribution in [3.05, 3.63) is 0 Å². The Kier molecular flexibility index (Phi) is 3.43.